The average Bonchev–Trinajstić information content (AvgIpc) is 2.53. The predicted molar refractivity (Wildman–Crippen MR) is 37.5 cm³/mol. The lowest BCUT2D eigenvalue weighted by molar-refractivity contribution is -0.142. The molecule has 5 heteroatoms. The minimum absolute atomic E-state index is 0.478. The number of ether oxygens (including phenoxy) is 1. The molecule has 0 aliphatic carbocycles. The molecular weight excluding hydrogens is 146 g/mol. The molecule has 60 valence electrons. The molecule has 3 N–H and O–H groups in total. The molecule has 11 heavy (non-hydrogen) atoms. The Morgan fingerprint density at radius 2 is 2.64 bits per heavy atom. The summed E-state index contributed by atoms with van der Waals surface area (Å²) >= 11 is 0. The van der Waals surface area contributed by atoms with Crippen molar-refractivity contribution in [1.29, 1.82) is 0 Å². The number of H-pyrrole nitrogens is 1. The first-order valence-electron chi connectivity index (χ1n) is 3.07. The van der Waals surface area contributed by atoms with Crippen LogP contribution in [0.15, 0.2) is 12.5 Å². The summed E-state index contributed by atoms with van der Waals surface area (Å²) in [6.45, 7) is 0. The van der Waals surface area contributed by atoms with E-state index >= 15 is 0 Å². The maximum atomic E-state index is 10.8. The van der Waals surface area contributed by atoms with Crippen molar-refractivity contribution in [3.8, 4) is 0 Å². The first kappa shape index (κ1) is 7.74. The standard InChI is InChI=1S/C6H9N3O2/c1-11-6(10)5(7)4-2-8-3-9-4/h2-3,5H,7H2,1H3,(H,8,9)/t5-/m0/s1. The molecule has 0 amide bonds. The Morgan fingerprint density at radius 3 is 3.09 bits per heavy atom. The fourth-order valence-corrected chi connectivity index (χ4v) is 0.691. The molecule has 0 aromatic carbocycles. The van der Waals surface area contributed by atoms with Crippen LogP contribution in [0.2, 0.25) is 0 Å². The maximum Gasteiger partial charge on any atom is 0.328 e. The Kier molecular flexibility index (Phi) is 2.22. The summed E-state index contributed by atoms with van der Waals surface area (Å²) < 4.78 is 4.42. The van der Waals surface area contributed by atoms with Gasteiger partial charge in [-0.1, -0.05) is 0 Å². The highest BCUT2D eigenvalue weighted by molar-refractivity contribution is 5.76. The summed E-state index contributed by atoms with van der Waals surface area (Å²) in [5.74, 6) is -0.478. The van der Waals surface area contributed by atoms with Crippen molar-refractivity contribution in [3.05, 3.63) is 18.2 Å². The number of nitrogens with one attached hydrogen (secondary N) is 1. The molecule has 0 fully saturated rings. The molecule has 0 spiro atoms. The van der Waals surface area contributed by atoms with E-state index in [0.717, 1.165) is 0 Å². The normalized spacial score (nSPS) is 12.5. The van der Waals surface area contributed by atoms with Crippen LogP contribution in [0.25, 0.3) is 0 Å². The van der Waals surface area contributed by atoms with Crippen molar-refractivity contribution in [2.75, 3.05) is 7.11 Å². The molecule has 1 aromatic heterocycles. The van der Waals surface area contributed by atoms with Crippen molar-refractivity contribution < 1.29 is 9.53 Å². The van der Waals surface area contributed by atoms with Gasteiger partial charge in [0.25, 0.3) is 0 Å². The van der Waals surface area contributed by atoms with Gasteiger partial charge in [-0.25, -0.2) is 9.78 Å². The van der Waals surface area contributed by atoms with Gasteiger partial charge < -0.3 is 15.5 Å². The minimum Gasteiger partial charge on any atom is -0.468 e. The van der Waals surface area contributed by atoms with Crippen LogP contribution < -0.4 is 5.73 Å². The summed E-state index contributed by atoms with van der Waals surface area (Å²) in [6.07, 6.45) is 2.94. The quantitative estimate of drug-likeness (QED) is 0.568. The van der Waals surface area contributed by atoms with Gasteiger partial charge in [-0.2, -0.15) is 0 Å². The van der Waals surface area contributed by atoms with Crippen molar-refractivity contribution in [2.24, 2.45) is 5.73 Å². The van der Waals surface area contributed by atoms with E-state index in [1.54, 1.807) is 0 Å². The SMILES string of the molecule is COC(=O)[C@@H](N)c1cnc[nH]1. The second-order valence-corrected chi connectivity index (χ2v) is 2.01. The first-order chi connectivity index (χ1) is 5.25. The summed E-state index contributed by atoms with van der Waals surface area (Å²) in [7, 11) is 1.29. The number of hydrogen-bond donors (Lipinski definition) is 2. The van der Waals surface area contributed by atoms with Crippen LogP contribution in [0.3, 0.4) is 0 Å². The maximum absolute atomic E-state index is 10.8. The topological polar surface area (TPSA) is 81.0 Å². The number of aromatic nitrogens is 2. The molecule has 1 atom stereocenters. The number of hydrogen-bond acceptors (Lipinski definition) is 4. The molecule has 0 saturated carbocycles. The van der Waals surface area contributed by atoms with E-state index in [1.165, 1.54) is 19.6 Å². The fourth-order valence-electron chi connectivity index (χ4n) is 0.691. The number of methoxy groups -OCH3 is 1. The molecule has 1 rings (SSSR count). The largest absolute Gasteiger partial charge is 0.468 e. The Labute approximate surface area is 63.6 Å². The van der Waals surface area contributed by atoms with Crippen LogP contribution in [0.5, 0.6) is 0 Å². The number of nitrogens with two attached hydrogens (primary N) is 1. The highest BCUT2D eigenvalue weighted by atomic mass is 16.5. The van der Waals surface area contributed by atoms with Gasteiger partial charge >= 0.3 is 5.97 Å². The van der Waals surface area contributed by atoms with Gasteiger partial charge in [0.1, 0.15) is 6.04 Å². The molecule has 0 aliphatic rings. The molecule has 1 aromatic rings. The third kappa shape index (κ3) is 1.56. The number of esters is 1. The molecule has 0 bridgehead atoms. The molecule has 0 aliphatic heterocycles. The van der Waals surface area contributed by atoms with Crippen LogP contribution in [-0.4, -0.2) is 23.0 Å². The second-order valence-electron chi connectivity index (χ2n) is 2.01. The molecule has 0 unspecified atom stereocenters. The lowest BCUT2D eigenvalue weighted by atomic mass is 10.2. The zero-order chi connectivity index (χ0) is 8.27. The number of carbonyl (C=O) groups is 1. The third-order valence-corrected chi connectivity index (χ3v) is 1.31. The van der Waals surface area contributed by atoms with Crippen LogP contribution in [0, 0.1) is 0 Å². The second kappa shape index (κ2) is 3.16. The number of rotatable bonds is 2. The van der Waals surface area contributed by atoms with Crippen molar-refractivity contribution in [1.82, 2.24) is 9.97 Å². The van der Waals surface area contributed by atoms with E-state index < -0.39 is 12.0 Å². The lowest BCUT2D eigenvalue weighted by Gasteiger charge is -2.04. The van der Waals surface area contributed by atoms with E-state index in [1.807, 2.05) is 0 Å². The van der Waals surface area contributed by atoms with Crippen LogP contribution in [-0.2, 0) is 9.53 Å². The summed E-state index contributed by atoms with van der Waals surface area (Å²) in [5, 5.41) is 0. The summed E-state index contributed by atoms with van der Waals surface area (Å²) in [4.78, 5) is 17.2. The van der Waals surface area contributed by atoms with Crippen LogP contribution in [0.4, 0.5) is 0 Å². The van der Waals surface area contributed by atoms with Gasteiger partial charge in [-0.3, -0.25) is 0 Å². The Morgan fingerprint density at radius 1 is 1.91 bits per heavy atom. The van der Waals surface area contributed by atoms with Gasteiger partial charge in [0.2, 0.25) is 0 Å². The first-order valence-corrected chi connectivity index (χ1v) is 3.07. The minimum atomic E-state index is -0.762. The Hall–Kier alpha value is -1.36. The number of imidazole rings is 1. The number of carbonyl (C=O) groups excluding carboxylic acids is 1. The molecule has 0 radical (unpaired) electrons. The van der Waals surface area contributed by atoms with E-state index in [9.17, 15) is 4.79 Å². The van der Waals surface area contributed by atoms with Crippen molar-refractivity contribution >= 4 is 5.97 Å². The molecule has 0 saturated heterocycles. The van der Waals surface area contributed by atoms with Gasteiger partial charge in [0.15, 0.2) is 0 Å². The van der Waals surface area contributed by atoms with Crippen molar-refractivity contribution in [2.45, 2.75) is 6.04 Å². The fraction of sp³-hybridized carbons (Fsp3) is 0.333. The van der Waals surface area contributed by atoms with E-state index in [2.05, 4.69) is 14.7 Å². The highest BCUT2D eigenvalue weighted by Gasteiger charge is 2.16. The highest BCUT2D eigenvalue weighted by Crippen LogP contribution is 2.05. The third-order valence-electron chi connectivity index (χ3n) is 1.31. The molecule has 5 nitrogen and oxygen atoms in total. The van der Waals surface area contributed by atoms with E-state index in [-0.39, 0.29) is 0 Å². The Bertz CT molecular complexity index is 232. The molecule has 1 heterocycles. The van der Waals surface area contributed by atoms with Crippen LogP contribution in [0.1, 0.15) is 11.7 Å². The zero-order valence-corrected chi connectivity index (χ0v) is 6.07. The monoisotopic (exact) mass is 155 g/mol. The smallest absolute Gasteiger partial charge is 0.328 e. The summed E-state index contributed by atoms with van der Waals surface area (Å²) in [6, 6.07) is -0.762. The predicted octanol–water partition coefficient (Wildman–Crippen LogP) is -0.418. The lowest BCUT2D eigenvalue weighted by Crippen LogP contribution is -2.22. The van der Waals surface area contributed by atoms with Gasteiger partial charge in [0, 0.05) is 0 Å². The van der Waals surface area contributed by atoms with Crippen molar-refractivity contribution in [3.63, 3.8) is 0 Å². The van der Waals surface area contributed by atoms with E-state index in [4.69, 9.17) is 5.73 Å². The van der Waals surface area contributed by atoms with Gasteiger partial charge in [-0.05, 0) is 0 Å². The zero-order valence-electron chi connectivity index (χ0n) is 6.07. The van der Waals surface area contributed by atoms with E-state index in [0.29, 0.717) is 5.69 Å². The number of aromatic amines is 1. The average molecular weight is 155 g/mol. The summed E-state index contributed by atoms with van der Waals surface area (Å²) in [5.41, 5.74) is 6.00. The van der Waals surface area contributed by atoms with Crippen LogP contribution >= 0.6 is 0 Å². The Balaban J connectivity index is 2.70. The molecular formula is C6H9N3O2. The van der Waals surface area contributed by atoms with Gasteiger partial charge in [-0.15, -0.1) is 0 Å². The number of nitrogens with zero attached hydrogens (tertiary/aromatic N) is 1. The van der Waals surface area contributed by atoms with Gasteiger partial charge in [0.05, 0.1) is 25.3 Å².